The maximum atomic E-state index is 1.61. The number of fused-ring (bicyclic) bond motifs is 3. The van der Waals surface area contributed by atoms with Crippen LogP contribution in [0.2, 0.25) is 0 Å². The quantitative estimate of drug-likeness (QED) is 0.558. The molecule has 4 aliphatic carbocycles. The summed E-state index contributed by atoms with van der Waals surface area (Å²) >= 11 is 0. The van der Waals surface area contributed by atoms with E-state index < -0.39 is 0 Å². The second kappa shape index (κ2) is 5.41. The first-order valence-electron chi connectivity index (χ1n) is 9.45. The lowest BCUT2D eigenvalue weighted by Gasteiger charge is -2.38. The zero-order chi connectivity index (χ0) is 12.7. The molecule has 4 fully saturated rings. The molecule has 0 aliphatic heterocycles. The van der Waals surface area contributed by atoms with Crippen molar-refractivity contribution in [1.82, 2.24) is 0 Å². The van der Waals surface area contributed by atoms with Gasteiger partial charge < -0.3 is 0 Å². The fourth-order valence-electron chi connectivity index (χ4n) is 6.93. The van der Waals surface area contributed by atoms with Crippen LogP contribution in [0.3, 0.4) is 0 Å². The lowest BCUT2D eigenvalue weighted by atomic mass is 9.67. The predicted molar refractivity (Wildman–Crippen MR) is 81.0 cm³/mol. The Morgan fingerprint density at radius 2 is 0.789 bits per heavy atom. The average Bonchev–Trinajstić information content (AvgIpc) is 2.83. The van der Waals surface area contributed by atoms with Gasteiger partial charge >= 0.3 is 0 Å². The van der Waals surface area contributed by atoms with Crippen LogP contribution in [0.5, 0.6) is 0 Å². The summed E-state index contributed by atoms with van der Waals surface area (Å²) < 4.78 is 0. The molecule has 19 heavy (non-hydrogen) atoms. The molecule has 4 unspecified atom stereocenters. The molecule has 0 aromatic heterocycles. The molecule has 0 nitrogen and oxygen atoms in total. The van der Waals surface area contributed by atoms with Gasteiger partial charge in [-0.1, -0.05) is 57.8 Å². The zero-order valence-corrected chi connectivity index (χ0v) is 12.7. The molecule has 0 bridgehead atoms. The number of hydrogen-bond donors (Lipinski definition) is 0. The molecular formula is C19H32. The van der Waals surface area contributed by atoms with E-state index in [1.807, 2.05) is 0 Å². The number of rotatable bonds is 1. The van der Waals surface area contributed by atoms with Gasteiger partial charge in [0.25, 0.3) is 0 Å². The predicted octanol–water partition coefficient (Wildman–Crippen LogP) is 5.81. The summed E-state index contributed by atoms with van der Waals surface area (Å²) in [4.78, 5) is 0. The first-order valence-corrected chi connectivity index (χ1v) is 9.45. The van der Waals surface area contributed by atoms with E-state index in [1.165, 1.54) is 36.0 Å². The third-order valence-electron chi connectivity index (χ3n) is 7.48. The van der Waals surface area contributed by atoms with E-state index in [0.717, 1.165) is 5.92 Å². The fourth-order valence-corrected chi connectivity index (χ4v) is 6.93. The summed E-state index contributed by atoms with van der Waals surface area (Å²) in [5, 5.41) is 0. The van der Waals surface area contributed by atoms with E-state index in [-0.39, 0.29) is 0 Å². The second-order valence-electron chi connectivity index (χ2n) is 8.20. The summed E-state index contributed by atoms with van der Waals surface area (Å²) in [6.07, 6.45) is 20.5. The minimum Gasteiger partial charge on any atom is -0.0533 e. The highest BCUT2D eigenvalue weighted by molar-refractivity contribution is 5.01. The van der Waals surface area contributed by atoms with Crippen LogP contribution in [-0.4, -0.2) is 0 Å². The maximum Gasteiger partial charge on any atom is -0.0324 e. The third kappa shape index (κ3) is 2.18. The van der Waals surface area contributed by atoms with Crippen molar-refractivity contribution in [2.24, 2.45) is 35.5 Å². The van der Waals surface area contributed by atoms with E-state index in [4.69, 9.17) is 0 Å². The maximum absolute atomic E-state index is 1.61. The van der Waals surface area contributed by atoms with Crippen LogP contribution < -0.4 is 0 Å². The van der Waals surface area contributed by atoms with E-state index in [9.17, 15) is 0 Å². The van der Waals surface area contributed by atoms with Gasteiger partial charge in [0.15, 0.2) is 0 Å². The van der Waals surface area contributed by atoms with Crippen molar-refractivity contribution < 1.29 is 0 Å². The Labute approximate surface area is 119 Å². The molecule has 0 radical (unpaired) electrons. The van der Waals surface area contributed by atoms with Gasteiger partial charge in [-0.2, -0.15) is 0 Å². The number of hydrogen-bond acceptors (Lipinski definition) is 0. The molecule has 0 aromatic carbocycles. The third-order valence-corrected chi connectivity index (χ3v) is 7.48. The molecule has 0 saturated heterocycles. The molecule has 0 heteroatoms. The van der Waals surface area contributed by atoms with Crippen LogP contribution in [-0.2, 0) is 0 Å². The van der Waals surface area contributed by atoms with Gasteiger partial charge in [-0.3, -0.25) is 0 Å². The first-order chi connectivity index (χ1) is 9.45. The van der Waals surface area contributed by atoms with Crippen molar-refractivity contribution in [3.8, 4) is 0 Å². The smallest absolute Gasteiger partial charge is 0.0324 e. The van der Waals surface area contributed by atoms with Gasteiger partial charge in [-0.15, -0.1) is 0 Å². The van der Waals surface area contributed by atoms with Crippen molar-refractivity contribution in [1.29, 1.82) is 0 Å². The van der Waals surface area contributed by atoms with E-state index >= 15 is 0 Å². The Morgan fingerprint density at radius 1 is 0.368 bits per heavy atom. The van der Waals surface area contributed by atoms with Gasteiger partial charge in [0, 0.05) is 0 Å². The highest BCUT2D eigenvalue weighted by atomic mass is 14.6. The van der Waals surface area contributed by atoms with Crippen molar-refractivity contribution >= 4 is 0 Å². The molecule has 0 aromatic rings. The van der Waals surface area contributed by atoms with Crippen molar-refractivity contribution in [2.75, 3.05) is 0 Å². The molecular weight excluding hydrogens is 228 g/mol. The van der Waals surface area contributed by atoms with Crippen molar-refractivity contribution in [3.63, 3.8) is 0 Å². The molecule has 0 N–H and O–H groups in total. The monoisotopic (exact) mass is 260 g/mol. The zero-order valence-electron chi connectivity index (χ0n) is 12.7. The van der Waals surface area contributed by atoms with E-state index in [2.05, 4.69) is 0 Å². The van der Waals surface area contributed by atoms with E-state index in [1.54, 1.807) is 77.0 Å². The van der Waals surface area contributed by atoms with Gasteiger partial charge in [-0.05, 0) is 61.2 Å². The minimum atomic E-state index is 1.15. The van der Waals surface area contributed by atoms with Gasteiger partial charge in [0.05, 0.1) is 0 Å². The van der Waals surface area contributed by atoms with Crippen LogP contribution in [0.1, 0.15) is 83.5 Å². The molecule has 0 amide bonds. The van der Waals surface area contributed by atoms with Gasteiger partial charge in [-0.25, -0.2) is 0 Å². The highest BCUT2D eigenvalue weighted by Crippen LogP contribution is 2.60. The Morgan fingerprint density at radius 3 is 1.32 bits per heavy atom. The Bertz CT molecular complexity index is 279. The summed E-state index contributed by atoms with van der Waals surface area (Å²) in [5.41, 5.74) is 0. The Hall–Kier alpha value is 0. The molecule has 108 valence electrons. The second-order valence-corrected chi connectivity index (χ2v) is 8.20. The largest absolute Gasteiger partial charge is 0.0533 e. The minimum absolute atomic E-state index is 1.15. The lowest BCUT2D eigenvalue weighted by molar-refractivity contribution is 0.118. The molecule has 4 saturated carbocycles. The SMILES string of the molecule is C1CCC(C2C3CCCCC3C3CCCCC32)CC1. The van der Waals surface area contributed by atoms with Crippen LogP contribution in [0.4, 0.5) is 0 Å². The Kier molecular flexibility index (Phi) is 3.62. The summed E-state index contributed by atoms with van der Waals surface area (Å²) in [5.74, 6) is 7.01. The summed E-state index contributed by atoms with van der Waals surface area (Å²) in [7, 11) is 0. The molecule has 4 aliphatic rings. The van der Waals surface area contributed by atoms with Crippen LogP contribution >= 0.6 is 0 Å². The van der Waals surface area contributed by atoms with Gasteiger partial charge in [0.2, 0.25) is 0 Å². The fraction of sp³-hybridized carbons (Fsp3) is 1.00. The van der Waals surface area contributed by atoms with Crippen molar-refractivity contribution in [2.45, 2.75) is 83.5 Å². The standard InChI is InChI=1S/C19H32/c1-2-8-14(9-3-1)19-17-12-6-4-10-15(17)16-11-5-7-13-18(16)19/h14-19H,1-13H2. The topological polar surface area (TPSA) is 0 Å². The normalized spacial score (nSPS) is 47.7. The molecule has 0 heterocycles. The summed E-state index contributed by atoms with van der Waals surface area (Å²) in [6.45, 7) is 0. The molecule has 4 atom stereocenters. The van der Waals surface area contributed by atoms with Crippen molar-refractivity contribution in [3.05, 3.63) is 0 Å². The average molecular weight is 260 g/mol. The van der Waals surface area contributed by atoms with Crippen LogP contribution in [0.25, 0.3) is 0 Å². The van der Waals surface area contributed by atoms with E-state index in [0.29, 0.717) is 0 Å². The van der Waals surface area contributed by atoms with Gasteiger partial charge in [0.1, 0.15) is 0 Å². The summed E-state index contributed by atoms with van der Waals surface area (Å²) in [6, 6.07) is 0. The Balaban J connectivity index is 1.59. The first kappa shape index (κ1) is 12.7. The molecule has 0 spiro atoms. The molecule has 4 rings (SSSR count). The van der Waals surface area contributed by atoms with Crippen LogP contribution in [0, 0.1) is 35.5 Å². The highest BCUT2D eigenvalue weighted by Gasteiger charge is 2.52. The lowest BCUT2D eigenvalue weighted by Crippen LogP contribution is -2.29. The van der Waals surface area contributed by atoms with Crippen LogP contribution in [0.15, 0.2) is 0 Å².